The molecule has 0 radical (unpaired) electrons. The SMILES string of the molecule is Cc1nc2ccccc2nc1CN1CCO[C@H](C)[C@H]1C(N)=O. The molecule has 22 heavy (non-hydrogen) atoms. The van der Waals surface area contributed by atoms with Crippen molar-refractivity contribution in [2.24, 2.45) is 5.73 Å². The number of aromatic nitrogens is 2. The van der Waals surface area contributed by atoms with Gasteiger partial charge in [0, 0.05) is 13.1 Å². The Balaban J connectivity index is 1.91. The molecule has 1 aliphatic heterocycles. The largest absolute Gasteiger partial charge is 0.375 e. The van der Waals surface area contributed by atoms with Gasteiger partial charge in [-0.25, -0.2) is 9.97 Å². The molecule has 2 N–H and O–H groups in total. The second-order valence-corrected chi connectivity index (χ2v) is 5.64. The second-order valence-electron chi connectivity index (χ2n) is 5.64. The first kappa shape index (κ1) is 14.9. The molecule has 1 amide bonds. The van der Waals surface area contributed by atoms with Gasteiger partial charge >= 0.3 is 0 Å². The Morgan fingerprint density at radius 2 is 2.05 bits per heavy atom. The first-order valence-corrected chi connectivity index (χ1v) is 7.43. The fourth-order valence-electron chi connectivity index (χ4n) is 2.94. The minimum Gasteiger partial charge on any atom is -0.375 e. The molecule has 0 bridgehead atoms. The molecule has 6 heteroatoms. The minimum atomic E-state index is -0.429. The monoisotopic (exact) mass is 300 g/mol. The van der Waals surface area contributed by atoms with Gasteiger partial charge in [-0.05, 0) is 26.0 Å². The van der Waals surface area contributed by atoms with Gasteiger partial charge in [0.25, 0.3) is 0 Å². The quantitative estimate of drug-likeness (QED) is 0.915. The molecular weight excluding hydrogens is 280 g/mol. The van der Waals surface area contributed by atoms with Crippen molar-refractivity contribution in [2.45, 2.75) is 32.5 Å². The maximum Gasteiger partial charge on any atom is 0.237 e. The number of primary amides is 1. The Morgan fingerprint density at radius 3 is 2.73 bits per heavy atom. The normalized spacial score (nSPS) is 22.8. The zero-order valence-corrected chi connectivity index (χ0v) is 12.8. The van der Waals surface area contributed by atoms with Crippen LogP contribution in [0.5, 0.6) is 0 Å². The summed E-state index contributed by atoms with van der Waals surface area (Å²) >= 11 is 0. The number of benzene rings is 1. The smallest absolute Gasteiger partial charge is 0.237 e. The summed E-state index contributed by atoms with van der Waals surface area (Å²) in [5.41, 5.74) is 9.02. The highest BCUT2D eigenvalue weighted by atomic mass is 16.5. The van der Waals surface area contributed by atoms with Crippen LogP contribution in [0.3, 0.4) is 0 Å². The molecule has 2 atom stereocenters. The summed E-state index contributed by atoms with van der Waals surface area (Å²) in [7, 11) is 0. The van der Waals surface area contributed by atoms with Crippen LogP contribution in [-0.2, 0) is 16.1 Å². The van der Waals surface area contributed by atoms with E-state index < -0.39 is 6.04 Å². The number of carbonyl (C=O) groups is 1. The predicted octanol–water partition coefficient (Wildman–Crippen LogP) is 1.01. The summed E-state index contributed by atoms with van der Waals surface area (Å²) in [5, 5.41) is 0. The van der Waals surface area contributed by atoms with E-state index in [1.54, 1.807) is 0 Å². The van der Waals surface area contributed by atoms with Gasteiger partial charge < -0.3 is 10.5 Å². The molecule has 116 valence electrons. The number of nitrogens with zero attached hydrogens (tertiary/aromatic N) is 3. The predicted molar refractivity (Wildman–Crippen MR) is 83.1 cm³/mol. The van der Waals surface area contributed by atoms with Crippen LogP contribution in [0.1, 0.15) is 18.3 Å². The third kappa shape index (κ3) is 2.80. The van der Waals surface area contributed by atoms with Crippen LogP contribution in [0.15, 0.2) is 24.3 Å². The van der Waals surface area contributed by atoms with Crippen LogP contribution < -0.4 is 5.73 Å². The van der Waals surface area contributed by atoms with E-state index in [2.05, 4.69) is 4.98 Å². The fraction of sp³-hybridized carbons (Fsp3) is 0.438. The lowest BCUT2D eigenvalue weighted by Crippen LogP contribution is -2.56. The van der Waals surface area contributed by atoms with E-state index in [1.807, 2.05) is 43.0 Å². The van der Waals surface area contributed by atoms with Crippen molar-refractivity contribution in [3.63, 3.8) is 0 Å². The highest BCUT2D eigenvalue weighted by molar-refractivity contribution is 5.80. The standard InChI is InChI=1S/C16H20N4O2/c1-10-14(19-13-6-4-3-5-12(13)18-10)9-20-7-8-22-11(2)15(20)16(17)21/h3-6,11,15H,7-9H2,1-2H3,(H2,17,21)/t11-,15+/m1/s1. The van der Waals surface area contributed by atoms with E-state index in [0.717, 1.165) is 22.4 Å². The molecule has 0 spiro atoms. The van der Waals surface area contributed by atoms with Gasteiger partial charge in [-0.3, -0.25) is 9.69 Å². The number of rotatable bonds is 3. The molecule has 6 nitrogen and oxygen atoms in total. The van der Waals surface area contributed by atoms with E-state index in [1.165, 1.54) is 0 Å². The molecule has 0 unspecified atom stereocenters. The Morgan fingerprint density at radius 1 is 1.36 bits per heavy atom. The lowest BCUT2D eigenvalue weighted by molar-refractivity contribution is -0.136. The van der Waals surface area contributed by atoms with E-state index in [9.17, 15) is 4.79 Å². The number of hydrogen-bond donors (Lipinski definition) is 1. The van der Waals surface area contributed by atoms with Crippen molar-refractivity contribution < 1.29 is 9.53 Å². The number of para-hydroxylation sites is 2. The van der Waals surface area contributed by atoms with Crippen molar-refractivity contribution in [2.75, 3.05) is 13.2 Å². The average Bonchev–Trinajstić information content (AvgIpc) is 2.47. The van der Waals surface area contributed by atoms with Crippen LogP contribution in [-0.4, -0.2) is 46.1 Å². The highest BCUT2D eigenvalue weighted by Gasteiger charge is 2.34. The third-order valence-corrected chi connectivity index (χ3v) is 4.08. The number of amides is 1. The summed E-state index contributed by atoms with van der Waals surface area (Å²) in [5.74, 6) is -0.362. The molecule has 1 saturated heterocycles. The number of carbonyl (C=O) groups excluding carboxylic acids is 1. The summed E-state index contributed by atoms with van der Waals surface area (Å²) in [6, 6.07) is 7.35. The summed E-state index contributed by atoms with van der Waals surface area (Å²) in [4.78, 5) is 23.0. The van der Waals surface area contributed by atoms with Crippen molar-refractivity contribution >= 4 is 16.9 Å². The van der Waals surface area contributed by atoms with Crippen molar-refractivity contribution in [3.8, 4) is 0 Å². The Hall–Kier alpha value is -2.05. The van der Waals surface area contributed by atoms with Crippen molar-refractivity contribution in [1.29, 1.82) is 0 Å². The maximum absolute atomic E-state index is 11.7. The van der Waals surface area contributed by atoms with Gasteiger partial charge in [0.2, 0.25) is 5.91 Å². The van der Waals surface area contributed by atoms with Crippen LogP contribution >= 0.6 is 0 Å². The molecule has 1 aromatic carbocycles. The zero-order chi connectivity index (χ0) is 15.7. The van der Waals surface area contributed by atoms with E-state index >= 15 is 0 Å². The molecule has 1 aromatic heterocycles. The fourth-order valence-corrected chi connectivity index (χ4v) is 2.94. The van der Waals surface area contributed by atoms with E-state index in [-0.39, 0.29) is 12.0 Å². The molecule has 2 heterocycles. The molecular formula is C16H20N4O2. The van der Waals surface area contributed by atoms with E-state index in [0.29, 0.717) is 19.7 Å². The number of aryl methyl sites for hydroxylation is 1. The second kappa shape index (κ2) is 5.98. The Labute approximate surface area is 129 Å². The van der Waals surface area contributed by atoms with Crippen LogP contribution in [0.4, 0.5) is 0 Å². The molecule has 1 fully saturated rings. The van der Waals surface area contributed by atoms with Crippen LogP contribution in [0, 0.1) is 6.92 Å². The lowest BCUT2D eigenvalue weighted by atomic mass is 10.1. The molecule has 1 aliphatic rings. The van der Waals surface area contributed by atoms with Crippen LogP contribution in [0.25, 0.3) is 11.0 Å². The van der Waals surface area contributed by atoms with E-state index in [4.69, 9.17) is 15.5 Å². The molecule has 3 rings (SSSR count). The topological polar surface area (TPSA) is 81.3 Å². The minimum absolute atomic E-state index is 0.208. The maximum atomic E-state index is 11.7. The Bertz CT molecular complexity index is 704. The number of morpholine rings is 1. The van der Waals surface area contributed by atoms with Gasteiger partial charge in [-0.15, -0.1) is 0 Å². The number of fused-ring (bicyclic) bond motifs is 1. The third-order valence-electron chi connectivity index (χ3n) is 4.08. The number of ether oxygens (including phenoxy) is 1. The lowest BCUT2D eigenvalue weighted by Gasteiger charge is -2.37. The first-order valence-electron chi connectivity index (χ1n) is 7.43. The summed E-state index contributed by atoms with van der Waals surface area (Å²) in [6.07, 6.45) is -0.208. The molecule has 0 saturated carbocycles. The number of nitrogens with two attached hydrogens (primary N) is 1. The first-order chi connectivity index (χ1) is 10.6. The average molecular weight is 300 g/mol. The highest BCUT2D eigenvalue weighted by Crippen LogP contribution is 2.19. The number of hydrogen-bond acceptors (Lipinski definition) is 5. The van der Waals surface area contributed by atoms with Gasteiger partial charge in [-0.1, -0.05) is 12.1 Å². The summed E-state index contributed by atoms with van der Waals surface area (Å²) in [6.45, 7) is 5.61. The Kier molecular flexibility index (Phi) is 4.04. The van der Waals surface area contributed by atoms with Crippen molar-refractivity contribution in [3.05, 3.63) is 35.7 Å². The van der Waals surface area contributed by atoms with Crippen LogP contribution in [0.2, 0.25) is 0 Å². The van der Waals surface area contributed by atoms with Gasteiger partial charge in [0.1, 0.15) is 6.04 Å². The summed E-state index contributed by atoms with van der Waals surface area (Å²) < 4.78 is 5.54. The van der Waals surface area contributed by atoms with Gasteiger partial charge in [0.15, 0.2) is 0 Å². The van der Waals surface area contributed by atoms with Gasteiger partial charge in [0.05, 0.1) is 35.1 Å². The molecule has 0 aliphatic carbocycles. The molecule has 2 aromatic rings. The zero-order valence-electron chi connectivity index (χ0n) is 12.8. The van der Waals surface area contributed by atoms with Gasteiger partial charge in [-0.2, -0.15) is 0 Å². The van der Waals surface area contributed by atoms with Crippen molar-refractivity contribution in [1.82, 2.24) is 14.9 Å².